The van der Waals surface area contributed by atoms with Crippen LogP contribution in [0.1, 0.15) is 6.92 Å². The number of amides is 1. The van der Waals surface area contributed by atoms with E-state index in [1.807, 2.05) is 6.92 Å². The summed E-state index contributed by atoms with van der Waals surface area (Å²) in [6.07, 6.45) is 1.23. The average Bonchev–Trinajstić information content (AvgIpc) is 2.01. The first kappa shape index (κ1) is 10.5. The van der Waals surface area contributed by atoms with Crippen LogP contribution in [0.25, 0.3) is 0 Å². The third-order valence-electron chi connectivity index (χ3n) is 1.17. The summed E-state index contributed by atoms with van der Waals surface area (Å²) in [7, 11) is 0. The third-order valence-corrected chi connectivity index (χ3v) is 1.89. The van der Waals surface area contributed by atoms with Gasteiger partial charge >= 0.3 is 0 Å². The number of carbonyl (C=O) groups excluding carboxylic acids is 1. The second-order valence-corrected chi connectivity index (χ2v) is 2.94. The highest BCUT2D eigenvalue weighted by Gasteiger charge is 2.01. The van der Waals surface area contributed by atoms with Crippen molar-refractivity contribution >= 4 is 17.9 Å². The minimum atomic E-state index is -0.167. The molecule has 0 aromatic heterocycles. The van der Waals surface area contributed by atoms with Crippen molar-refractivity contribution in [2.75, 3.05) is 12.3 Å². The predicted molar refractivity (Wildman–Crippen MR) is 47.5 cm³/mol. The van der Waals surface area contributed by atoms with E-state index in [4.69, 9.17) is 4.55 Å². The molecule has 0 spiro atoms. The Hall–Kier alpha value is -0.480. The topological polar surface area (TPSA) is 49.3 Å². The first-order valence-electron chi connectivity index (χ1n) is 3.37. The van der Waals surface area contributed by atoms with Crippen LogP contribution in [0.4, 0.5) is 0 Å². The molecular formula is C7H13NO2S. The van der Waals surface area contributed by atoms with Gasteiger partial charge in [0.05, 0.1) is 0 Å². The minimum Gasteiger partial charge on any atom is -0.352 e. The van der Waals surface area contributed by atoms with Crippen molar-refractivity contribution in [3.05, 3.63) is 12.7 Å². The Labute approximate surface area is 71.1 Å². The molecular weight excluding hydrogens is 162 g/mol. The average molecular weight is 175 g/mol. The predicted octanol–water partition coefficient (Wildman–Crippen LogP) is 1.13. The van der Waals surface area contributed by atoms with Gasteiger partial charge in [-0.05, 0) is 24.0 Å². The highest BCUT2D eigenvalue weighted by Crippen LogP contribution is 2.01. The standard InChI is InChI=1S/C7H13NO2S/c1-3-7(9)8-4-6(2)5-11-10/h3,6,10H,1,4-5H2,2H3,(H,8,9). The van der Waals surface area contributed by atoms with Crippen molar-refractivity contribution in [2.45, 2.75) is 6.92 Å². The molecule has 1 atom stereocenters. The quantitative estimate of drug-likeness (QED) is 0.486. The second-order valence-electron chi connectivity index (χ2n) is 2.35. The lowest BCUT2D eigenvalue weighted by atomic mass is 10.2. The fourth-order valence-corrected chi connectivity index (χ4v) is 0.905. The maximum Gasteiger partial charge on any atom is 0.243 e. The zero-order valence-corrected chi connectivity index (χ0v) is 7.36. The van der Waals surface area contributed by atoms with Crippen LogP contribution < -0.4 is 5.32 Å². The van der Waals surface area contributed by atoms with Crippen molar-refractivity contribution in [2.24, 2.45) is 5.92 Å². The molecule has 11 heavy (non-hydrogen) atoms. The summed E-state index contributed by atoms with van der Waals surface area (Å²) in [5, 5.41) is 2.64. The van der Waals surface area contributed by atoms with Gasteiger partial charge in [-0.3, -0.25) is 4.79 Å². The molecule has 2 N–H and O–H groups in total. The van der Waals surface area contributed by atoms with Crippen LogP contribution in [0.15, 0.2) is 12.7 Å². The summed E-state index contributed by atoms with van der Waals surface area (Å²) in [6.45, 7) is 5.85. The lowest BCUT2D eigenvalue weighted by Crippen LogP contribution is -2.27. The molecule has 3 nitrogen and oxygen atoms in total. The molecule has 0 heterocycles. The van der Waals surface area contributed by atoms with E-state index in [9.17, 15) is 4.79 Å². The highest BCUT2D eigenvalue weighted by atomic mass is 32.2. The Bertz CT molecular complexity index is 138. The van der Waals surface area contributed by atoms with E-state index in [0.29, 0.717) is 12.3 Å². The fraction of sp³-hybridized carbons (Fsp3) is 0.571. The van der Waals surface area contributed by atoms with Gasteiger partial charge in [-0.15, -0.1) is 0 Å². The summed E-state index contributed by atoms with van der Waals surface area (Å²) in [4.78, 5) is 10.6. The lowest BCUT2D eigenvalue weighted by molar-refractivity contribution is -0.116. The van der Waals surface area contributed by atoms with Crippen LogP contribution in [0.2, 0.25) is 0 Å². The number of hydrogen-bond acceptors (Lipinski definition) is 3. The van der Waals surface area contributed by atoms with Crippen LogP contribution >= 0.6 is 12.0 Å². The summed E-state index contributed by atoms with van der Waals surface area (Å²) in [6, 6.07) is 0. The molecule has 0 rings (SSSR count). The molecule has 0 bridgehead atoms. The van der Waals surface area contributed by atoms with Gasteiger partial charge in [0.15, 0.2) is 0 Å². The Morgan fingerprint density at radius 1 is 1.91 bits per heavy atom. The Balaban J connectivity index is 3.37. The van der Waals surface area contributed by atoms with Gasteiger partial charge in [0.25, 0.3) is 0 Å². The van der Waals surface area contributed by atoms with Crippen molar-refractivity contribution in [3.63, 3.8) is 0 Å². The minimum absolute atomic E-state index is 0.167. The number of nitrogens with one attached hydrogen (secondary N) is 1. The van der Waals surface area contributed by atoms with Crippen LogP contribution in [-0.4, -0.2) is 22.8 Å². The van der Waals surface area contributed by atoms with E-state index >= 15 is 0 Å². The molecule has 0 aromatic rings. The van der Waals surface area contributed by atoms with Gasteiger partial charge < -0.3 is 9.87 Å². The smallest absolute Gasteiger partial charge is 0.243 e. The molecule has 0 fully saturated rings. The van der Waals surface area contributed by atoms with E-state index in [0.717, 1.165) is 12.0 Å². The summed E-state index contributed by atoms with van der Waals surface area (Å²) in [5.41, 5.74) is 0. The number of rotatable bonds is 5. The number of carbonyl (C=O) groups is 1. The fourth-order valence-electron chi connectivity index (χ4n) is 0.533. The van der Waals surface area contributed by atoms with Crippen molar-refractivity contribution in [1.29, 1.82) is 0 Å². The van der Waals surface area contributed by atoms with Gasteiger partial charge in [0, 0.05) is 12.3 Å². The van der Waals surface area contributed by atoms with E-state index in [2.05, 4.69) is 11.9 Å². The molecule has 0 saturated heterocycles. The molecule has 0 aliphatic heterocycles. The maximum absolute atomic E-state index is 10.6. The summed E-state index contributed by atoms with van der Waals surface area (Å²) >= 11 is 0.792. The van der Waals surface area contributed by atoms with Crippen LogP contribution in [0.3, 0.4) is 0 Å². The molecule has 1 unspecified atom stereocenters. The number of hydrogen-bond donors (Lipinski definition) is 2. The van der Waals surface area contributed by atoms with Crippen LogP contribution in [-0.2, 0) is 4.79 Å². The van der Waals surface area contributed by atoms with Gasteiger partial charge in [0.2, 0.25) is 5.91 Å². The molecule has 0 radical (unpaired) electrons. The molecule has 0 aliphatic rings. The maximum atomic E-state index is 10.6. The van der Waals surface area contributed by atoms with Crippen LogP contribution in [0, 0.1) is 5.92 Å². The van der Waals surface area contributed by atoms with Gasteiger partial charge in [-0.1, -0.05) is 13.5 Å². The second kappa shape index (κ2) is 6.24. The Kier molecular flexibility index (Phi) is 5.97. The monoisotopic (exact) mass is 175 g/mol. The first-order chi connectivity index (χ1) is 5.20. The molecule has 1 amide bonds. The summed E-state index contributed by atoms with van der Waals surface area (Å²) < 4.78 is 8.44. The van der Waals surface area contributed by atoms with Crippen molar-refractivity contribution in [1.82, 2.24) is 5.32 Å². The van der Waals surface area contributed by atoms with Crippen LogP contribution in [0.5, 0.6) is 0 Å². The van der Waals surface area contributed by atoms with E-state index < -0.39 is 0 Å². The zero-order valence-electron chi connectivity index (χ0n) is 6.54. The largest absolute Gasteiger partial charge is 0.352 e. The third kappa shape index (κ3) is 5.94. The first-order valence-corrected chi connectivity index (χ1v) is 4.31. The van der Waals surface area contributed by atoms with Crippen molar-refractivity contribution in [3.8, 4) is 0 Å². The molecule has 0 aliphatic carbocycles. The molecule has 64 valence electrons. The molecule has 0 aromatic carbocycles. The van der Waals surface area contributed by atoms with E-state index in [1.165, 1.54) is 6.08 Å². The Morgan fingerprint density at radius 3 is 3.00 bits per heavy atom. The lowest BCUT2D eigenvalue weighted by Gasteiger charge is -2.08. The molecule has 0 saturated carbocycles. The van der Waals surface area contributed by atoms with Gasteiger partial charge in [-0.2, -0.15) is 0 Å². The normalized spacial score (nSPS) is 12.2. The van der Waals surface area contributed by atoms with Gasteiger partial charge in [-0.25, -0.2) is 0 Å². The SMILES string of the molecule is C=CC(=O)NCC(C)CSO. The van der Waals surface area contributed by atoms with Crippen molar-refractivity contribution < 1.29 is 9.35 Å². The molecule has 4 heteroatoms. The summed E-state index contributed by atoms with van der Waals surface area (Å²) in [5.74, 6) is 0.755. The van der Waals surface area contributed by atoms with Gasteiger partial charge in [0.1, 0.15) is 0 Å². The zero-order chi connectivity index (χ0) is 8.69. The highest BCUT2D eigenvalue weighted by molar-refractivity contribution is 7.93. The van der Waals surface area contributed by atoms with E-state index in [1.54, 1.807) is 0 Å². The Morgan fingerprint density at radius 2 is 2.55 bits per heavy atom. The van der Waals surface area contributed by atoms with E-state index in [-0.39, 0.29) is 11.8 Å².